The van der Waals surface area contributed by atoms with Gasteiger partial charge >= 0.3 is 5.97 Å². The first-order valence-electron chi connectivity index (χ1n) is 8.66. The second-order valence-electron chi connectivity index (χ2n) is 6.35. The number of amides is 1. The molecular formula is C21H24N2O4. The van der Waals surface area contributed by atoms with Crippen LogP contribution in [-0.2, 0) is 4.79 Å². The molecule has 142 valence electrons. The summed E-state index contributed by atoms with van der Waals surface area (Å²) in [5.41, 5.74) is 1.31. The minimum Gasteiger partial charge on any atom is -0.501 e. The van der Waals surface area contributed by atoms with Crippen LogP contribution in [0.2, 0.25) is 0 Å². The minimum atomic E-state index is -1.45. The Balaban J connectivity index is 2.40. The van der Waals surface area contributed by atoms with Crippen LogP contribution in [0.5, 0.6) is 0 Å². The molecule has 0 fully saturated rings. The van der Waals surface area contributed by atoms with Crippen LogP contribution >= 0.6 is 0 Å². The van der Waals surface area contributed by atoms with Gasteiger partial charge in [-0.25, -0.2) is 4.79 Å². The topological polar surface area (TPSA) is 89.9 Å². The molecule has 0 unspecified atom stereocenters. The fourth-order valence-electron chi connectivity index (χ4n) is 2.72. The first-order chi connectivity index (χ1) is 12.9. The molecule has 0 radical (unpaired) electrons. The molecule has 0 aromatic heterocycles. The Morgan fingerprint density at radius 1 is 0.926 bits per heavy atom. The second-order valence-corrected chi connectivity index (χ2v) is 6.35. The largest absolute Gasteiger partial charge is 0.501 e. The van der Waals surface area contributed by atoms with E-state index in [-0.39, 0.29) is 11.5 Å². The van der Waals surface area contributed by atoms with E-state index in [2.05, 4.69) is 5.32 Å². The lowest BCUT2D eigenvalue weighted by atomic mass is 9.92. The number of nitrogens with zero attached hydrogens (tertiary/aromatic N) is 1. The predicted octanol–water partition coefficient (Wildman–Crippen LogP) is 2.77. The lowest BCUT2D eigenvalue weighted by Crippen LogP contribution is -2.28. The summed E-state index contributed by atoms with van der Waals surface area (Å²) in [6.45, 7) is 1.34. The number of rotatable bonds is 8. The van der Waals surface area contributed by atoms with E-state index in [4.69, 9.17) is 0 Å². The Labute approximate surface area is 158 Å². The van der Waals surface area contributed by atoms with Gasteiger partial charge in [-0.05, 0) is 44.3 Å². The quantitative estimate of drug-likeness (QED) is 0.379. The number of aliphatic hydroxyl groups is 1. The average molecular weight is 368 g/mol. The van der Waals surface area contributed by atoms with E-state index in [9.17, 15) is 19.8 Å². The smallest absolute Gasteiger partial charge is 0.371 e. The number of benzene rings is 2. The van der Waals surface area contributed by atoms with E-state index in [0.29, 0.717) is 23.2 Å². The highest BCUT2D eigenvalue weighted by molar-refractivity contribution is 6.05. The third kappa shape index (κ3) is 5.43. The highest BCUT2D eigenvalue weighted by atomic mass is 16.4. The number of carboxylic acid groups (broad SMARTS) is 1. The van der Waals surface area contributed by atoms with Crippen molar-refractivity contribution in [2.24, 2.45) is 0 Å². The number of nitrogens with one attached hydrogen (secondary N) is 1. The molecule has 0 saturated carbocycles. The molecule has 27 heavy (non-hydrogen) atoms. The third-order valence-corrected chi connectivity index (χ3v) is 4.01. The molecule has 0 atom stereocenters. The molecule has 3 N–H and O–H groups in total. The molecule has 2 aromatic carbocycles. The zero-order chi connectivity index (χ0) is 19.8. The van der Waals surface area contributed by atoms with E-state index < -0.39 is 11.7 Å². The van der Waals surface area contributed by atoms with E-state index in [1.807, 2.05) is 19.0 Å². The van der Waals surface area contributed by atoms with Crippen molar-refractivity contribution in [2.45, 2.75) is 6.42 Å². The maximum absolute atomic E-state index is 12.7. The molecule has 0 spiro atoms. The lowest BCUT2D eigenvalue weighted by molar-refractivity contribution is -0.135. The standard InChI is InChI=1S/C21H24N2O4/c1-23(2)14-8-13-22-20(25)17-12-7-6-11-16(17)18(19(24)21(26)27)15-9-4-3-5-10-15/h3-7,9-12,24H,8,13-14H2,1-2H3,(H,22,25)(H,26,27)/b19-18-. The van der Waals surface area contributed by atoms with E-state index >= 15 is 0 Å². The summed E-state index contributed by atoms with van der Waals surface area (Å²) in [7, 11) is 3.92. The van der Waals surface area contributed by atoms with Crippen molar-refractivity contribution >= 4 is 17.4 Å². The van der Waals surface area contributed by atoms with Crippen LogP contribution in [0.4, 0.5) is 0 Å². The highest BCUT2D eigenvalue weighted by Crippen LogP contribution is 2.29. The maximum atomic E-state index is 12.7. The summed E-state index contributed by atoms with van der Waals surface area (Å²) in [5, 5.41) is 22.4. The van der Waals surface area contributed by atoms with Gasteiger partial charge in [0.2, 0.25) is 5.76 Å². The SMILES string of the molecule is CN(C)CCCNC(=O)c1ccccc1/C(=C(\O)C(=O)O)c1ccccc1. The summed E-state index contributed by atoms with van der Waals surface area (Å²) < 4.78 is 0. The van der Waals surface area contributed by atoms with Crippen LogP contribution in [0.15, 0.2) is 60.4 Å². The first kappa shape index (κ1) is 20.2. The Morgan fingerprint density at radius 2 is 1.52 bits per heavy atom. The maximum Gasteiger partial charge on any atom is 0.371 e. The number of hydrogen-bond acceptors (Lipinski definition) is 4. The molecule has 0 saturated heterocycles. The normalized spacial score (nSPS) is 11.8. The fraction of sp³-hybridized carbons (Fsp3) is 0.238. The Morgan fingerprint density at radius 3 is 2.11 bits per heavy atom. The van der Waals surface area contributed by atoms with Gasteiger partial charge in [-0.3, -0.25) is 4.79 Å². The van der Waals surface area contributed by atoms with Crippen LogP contribution in [0.1, 0.15) is 27.9 Å². The summed E-state index contributed by atoms with van der Waals surface area (Å²) in [6.07, 6.45) is 0.794. The van der Waals surface area contributed by atoms with Crippen molar-refractivity contribution in [1.82, 2.24) is 10.2 Å². The summed E-state index contributed by atoms with van der Waals surface area (Å²) >= 11 is 0. The van der Waals surface area contributed by atoms with Crippen LogP contribution in [-0.4, -0.2) is 54.2 Å². The number of aliphatic carboxylic acids is 1. The minimum absolute atomic E-state index is 0.113. The number of carboxylic acids is 1. The Kier molecular flexibility index (Phi) is 7.14. The van der Waals surface area contributed by atoms with Gasteiger partial charge in [0.15, 0.2) is 0 Å². The molecule has 6 heteroatoms. The van der Waals surface area contributed by atoms with Gasteiger partial charge < -0.3 is 20.4 Å². The Bertz CT molecular complexity index is 829. The Hall–Kier alpha value is -3.12. The van der Waals surface area contributed by atoms with Crippen molar-refractivity contribution in [3.05, 3.63) is 77.0 Å². The van der Waals surface area contributed by atoms with Crippen molar-refractivity contribution in [3.63, 3.8) is 0 Å². The van der Waals surface area contributed by atoms with Crippen molar-refractivity contribution in [2.75, 3.05) is 27.2 Å². The number of aliphatic hydroxyl groups excluding tert-OH is 1. The van der Waals surface area contributed by atoms with Gasteiger partial charge in [0.05, 0.1) is 0 Å². The van der Waals surface area contributed by atoms with Gasteiger partial charge in [-0.15, -0.1) is 0 Å². The first-order valence-corrected chi connectivity index (χ1v) is 8.66. The van der Waals surface area contributed by atoms with Gasteiger partial charge in [-0.2, -0.15) is 0 Å². The van der Waals surface area contributed by atoms with Gasteiger partial charge in [-0.1, -0.05) is 48.5 Å². The van der Waals surface area contributed by atoms with Gasteiger partial charge in [0.25, 0.3) is 5.91 Å². The molecule has 0 aliphatic heterocycles. The van der Waals surface area contributed by atoms with E-state index in [1.54, 1.807) is 54.6 Å². The number of carbonyl (C=O) groups is 2. The molecule has 1 amide bonds. The molecule has 0 bridgehead atoms. The predicted molar refractivity (Wildman–Crippen MR) is 105 cm³/mol. The van der Waals surface area contributed by atoms with Crippen LogP contribution in [0.3, 0.4) is 0 Å². The highest BCUT2D eigenvalue weighted by Gasteiger charge is 2.21. The van der Waals surface area contributed by atoms with Gasteiger partial charge in [0, 0.05) is 17.7 Å². The molecule has 2 rings (SSSR count). The molecule has 6 nitrogen and oxygen atoms in total. The van der Waals surface area contributed by atoms with Gasteiger partial charge in [0.1, 0.15) is 0 Å². The lowest BCUT2D eigenvalue weighted by Gasteiger charge is -2.15. The van der Waals surface area contributed by atoms with Crippen LogP contribution in [0, 0.1) is 0 Å². The zero-order valence-electron chi connectivity index (χ0n) is 15.5. The average Bonchev–Trinajstić information content (AvgIpc) is 2.66. The summed E-state index contributed by atoms with van der Waals surface area (Å²) in [5.74, 6) is -2.56. The van der Waals surface area contributed by atoms with E-state index in [0.717, 1.165) is 13.0 Å². The number of carbonyl (C=O) groups excluding carboxylic acids is 1. The molecule has 0 heterocycles. The summed E-state index contributed by atoms with van der Waals surface area (Å²) in [6, 6.07) is 15.3. The van der Waals surface area contributed by atoms with Crippen molar-refractivity contribution in [1.29, 1.82) is 0 Å². The van der Waals surface area contributed by atoms with Crippen LogP contribution in [0.25, 0.3) is 5.57 Å². The number of hydrogen-bond donors (Lipinski definition) is 3. The molecule has 2 aromatic rings. The monoisotopic (exact) mass is 368 g/mol. The van der Waals surface area contributed by atoms with E-state index in [1.165, 1.54) is 0 Å². The fourth-order valence-corrected chi connectivity index (χ4v) is 2.72. The van der Waals surface area contributed by atoms with Crippen molar-refractivity contribution in [3.8, 4) is 0 Å². The molecule has 0 aliphatic carbocycles. The third-order valence-electron chi connectivity index (χ3n) is 4.01. The summed E-state index contributed by atoms with van der Waals surface area (Å²) in [4.78, 5) is 26.1. The van der Waals surface area contributed by atoms with Crippen molar-refractivity contribution < 1.29 is 19.8 Å². The molecule has 0 aliphatic rings. The molecular weight excluding hydrogens is 344 g/mol. The second kappa shape index (κ2) is 9.54. The zero-order valence-corrected chi connectivity index (χ0v) is 15.5. The van der Waals surface area contributed by atoms with Crippen LogP contribution < -0.4 is 5.32 Å².